The maximum atomic E-state index is 10.0. The third-order valence-corrected chi connectivity index (χ3v) is 7.09. The van der Waals surface area contributed by atoms with E-state index >= 15 is 0 Å². The molecule has 0 saturated carbocycles. The van der Waals surface area contributed by atoms with Gasteiger partial charge >= 0.3 is 14.2 Å². The first-order valence-electron chi connectivity index (χ1n) is 12.5. The average Bonchev–Trinajstić information content (AvgIpc) is 3.17. The molecule has 180 valence electrons. The van der Waals surface area contributed by atoms with Gasteiger partial charge in [0.15, 0.2) is 5.66 Å². The van der Waals surface area contributed by atoms with Crippen LogP contribution in [0.2, 0.25) is 0 Å². The zero-order valence-corrected chi connectivity index (χ0v) is 20.6. The van der Waals surface area contributed by atoms with Crippen molar-refractivity contribution < 1.29 is 20.1 Å². The second-order valence-corrected chi connectivity index (χ2v) is 9.39. The first kappa shape index (κ1) is 27.5. The summed E-state index contributed by atoms with van der Waals surface area (Å²) in [5, 5.41) is 50.1. The van der Waals surface area contributed by atoms with Crippen LogP contribution in [0.3, 0.4) is 0 Å². The number of rotatable bonds is 14. The number of nitriles is 1. The second-order valence-electron chi connectivity index (χ2n) is 9.39. The number of nitrogens with zero attached hydrogens (tertiary/aromatic N) is 3. The molecule has 2 unspecified atom stereocenters. The van der Waals surface area contributed by atoms with Crippen LogP contribution in [0.25, 0.3) is 0 Å². The fourth-order valence-corrected chi connectivity index (χ4v) is 5.06. The fraction of sp³-hybridized carbons (Fsp3) is 0.708. The summed E-state index contributed by atoms with van der Waals surface area (Å²) in [6, 6.07) is 3.22. The van der Waals surface area contributed by atoms with E-state index in [1.807, 2.05) is 6.07 Å². The topological polar surface area (TPSA) is 129 Å². The Labute approximate surface area is 198 Å². The molecule has 9 heteroatoms. The minimum atomic E-state index is -1.90. The van der Waals surface area contributed by atoms with Crippen molar-refractivity contribution in [2.75, 3.05) is 0 Å². The van der Waals surface area contributed by atoms with Crippen molar-refractivity contribution >= 4 is 25.2 Å². The van der Waals surface area contributed by atoms with E-state index in [9.17, 15) is 25.4 Å². The van der Waals surface area contributed by atoms with Gasteiger partial charge in [-0.1, -0.05) is 66.2 Å². The summed E-state index contributed by atoms with van der Waals surface area (Å²) in [4.78, 5) is 9.87. The van der Waals surface area contributed by atoms with E-state index in [1.54, 1.807) is 0 Å². The molecule has 1 aliphatic heterocycles. The van der Waals surface area contributed by atoms with E-state index in [-0.39, 0.29) is 27.2 Å². The van der Waals surface area contributed by atoms with Crippen LogP contribution in [0.5, 0.6) is 0 Å². The van der Waals surface area contributed by atoms with Gasteiger partial charge in [0.2, 0.25) is 0 Å². The molecule has 0 fully saturated rings. The highest BCUT2D eigenvalue weighted by molar-refractivity contribution is 6.61. The number of benzene rings is 1. The first-order chi connectivity index (χ1) is 15.7. The summed E-state index contributed by atoms with van der Waals surface area (Å²) in [6.07, 6.45) is 9.92. The van der Waals surface area contributed by atoms with E-state index < -0.39 is 19.9 Å². The molecule has 7 nitrogen and oxygen atoms in total. The van der Waals surface area contributed by atoms with Gasteiger partial charge in [0.05, 0.1) is 22.3 Å². The molecule has 33 heavy (non-hydrogen) atoms. The van der Waals surface area contributed by atoms with Crippen LogP contribution in [0, 0.1) is 23.2 Å². The minimum Gasteiger partial charge on any atom is -0.423 e. The number of hydrogen-bond acceptors (Lipinski definition) is 7. The van der Waals surface area contributed by atoms with Crippen molar-refractivity contribution in [1.82, 2.24) is 0 Å². The van der Waals surface area contributed by atoms with Crippen LogP contribution in [0.15, 0.2) is 16.1 Å². The van der Waals surface area contributed by atoms with Crippen LogP contribution in [0.4, 0.5) is 0 Å². The molecule has 1 aliphatic rings. The van der Waals surface area contributed by atoms with E-state index in [0.29, 0.717) is 24.7 Å². The summed E-state index contributed by atoms with van der Waals surface area (Å²) < 4.78 is 0. The van der Waals surface area contributed by atoms with Crippen molar-refractivity contribution in [2.45, 2.75) is 97.6 Å². The standard InChI is InChI=1S/C24H39B2N3O4/c1-5-9-17(7-3)11-13-24(14-12-18(8-4)10-6-2)28-22-20(25(30)31)15-19(16-27)21(26(32)33)23(22)29-24/h15,17-18,30-33H,5-14H2,1-4H3. The Balaban J connectivity index is 2.62. The summed E-state index contributed by atoms with van der Waals surface area (Å²) in [5.41, 5.74) is -0.760. The lowest BCUT2D eigenvalue weighted by molar-refractivity contribution is 0.286. The highest BCUT2D eigenvalue weighted by Crippen LogP contribution is 2.33. The maximum Gasteiger partial charge on any atom is 0.492 e. The van der Waals surface area contributed by atoms with Gasteiger partial charge in [-0.05, 0) is 43.6 Å². The highest BCUT2D eigenvalue weighted by Gasteiger charge is 2.36. The Bertz CT molecular complexity index is 928. The van der Waals surface area contributed by atoms with Gasteiger partial charge in [-0.3, -0.25) is 9.98 Å². The van der Waals surface area contributed by atoms with Crippen molar-refractivity contribution in [3.05, 3.63) is 22.3 Å². The molecule has 1 heterocycles. The molecule has 2 atom stereocenters. The van der Waals surface area contributed by atoms with Crippen LogP contribution in [-0.4, -0.2) is 40.0 Å². The van der Waals surface area contributed by atoms with Crippen molar-refractivity contribution in [3.63, 3.8) is 0 Å². The Morgan fingerprint density at radius 2 is 1.36 bits per heavy atom. The molecule has 1 aromatic rings. The Hall–Kier alpha value is -1.72. The molecular weight excluding hydrogens is 416 g/mol. The summed E-state index contributed by atoms with van der Waals surface area (Å²) >= 11 is 0. The molecule has 0 bridgehead atoms. The monoisotopic (exact) mass is 455 g/mol. The van der Waals surface area contributed by atoms with Crippen molar-refractivity contribution in [3.8, 4) is 6.07 Å². The SMILES string of the molecule is CCCC(CC)CCC1(CCC(CC)CCC)N=c2c(B(O)O)cc(C#N)c(B(O)O)c2=N1. The van der Waals surface area contributed by atoms with Crippen LogP contribution in [0.1, 0.15) is 97.5 Å². The second kappa shape index (κ2) is 12.7. The number of fused-ring (bicyclic) bond motifs is 1. The molecule has 0 amide bonds. The molecule has 0 radical (unpaired) electrons. The normalized spacial score (nSPS) is 18.6. The van der Waals surface area contributed by atoms with Crippen LogP contribution < -0.4 is 21.6 Å². The predicted molar refractivity (Wildman–Crippen MR) is 132 cm³/mol. The van der Waals surface area contributed by atoms with Crippen LogP contribution in [-0.2, 0) is 0 Å². The van der Waals surface area contributed by atoms with Gasteiger partial charge in [0, 0.05) is 10.9 Å². The smallest absolute Gasteiger partial charge is 0.423 e. The van der Waals surface area contributed by atoms with Gasteiger partial charge in [-0.25, -0.2) is 0 Å². The predicted octanol–water partition coefficient (Wildman–Crippen LogP) is 1.08. The average molecular weight is 455 g/mol. The molecule has 2 rings (SSSR count). The Morgan fingerprint density at radius 1 is 0.848 bits per heavy atom. The Morgan fingerprint density at radius 3 is 1.76 bits per heavy atom. The van der Waals surface area contributed by atoms with Crippen molar-refractivity contribution in [1.29, 1.82) is 5.26 Å². The molecule has 0 spiro atoms. The summed E-state index contributed by atoms with van der Waals surface area (Å²) in [5.74, 6) is 1.11. The quantitative estimate of drug-likeness (QED) is 0.312. The van der Waals surface area contributed by atoms with Gasteiger partial charge in [-0.15, -0.1) is 0 Å². The largest absolute Gasteiger partial charge is 0.492 e. The van der Waals surface area contributed by atoms with Gasteiger partial charge in [0.25, 0.3) is 0 Å². The van der Waals surface area contributed by atoms with E-state index in [4.69, 9.17) is 9.98 Å². The van der Waals surface area contributed by atoms with Gasteiger partial charge in [0.1, 0.15) is 0 Å². The van der Waals surface area contributed by atoms with E-state index in [2.05, 4.69) is 27.7 Å². The molecule has 1 aromatic carbocycles. The zero-order valence-electron chi connectivity index (χ0n) is 20.6. The fourth-order valence-electron chi connectivity index (χ4n) is 5.06. The highest BCUT2D eigenvalue weighted by atomic mass is 16.4. The molecular formula is C24H39B2N3O4. The van der Waals surface area contributed by atoms with Gasteiger partial charge in [-0.2, -0.15) is 5.26 Å². The van der Waals surface area contributed by atoms with Gasteiger partial charge < -0.3 is 20.1 Å². The summed E-state index contributed by atoms with van der Waals surface area (Å²) in [7, 11) is -3.74. The van der Waals surface area contributed by atoms with Crippen LogP contribution >= 0.6 is 0 Å². The zero-order chi connectivity index (χ0) is 24.6. The van der Waals surface area contributed by atoms with Crippen molar-refractivity contribution in [2.24, 2.45) is 21.8 Å². The molecule has 0 aliphatic carbocycles. The van der Waals surface area contributed by atoms with E-state index in [1.165, 1.54) is 6.07 Å². The molecule has 4 N–H and O–H groups in total. The molecule has 0 aromatic heterocycles. The maximum absolute atomic E-state index is 10.0. The van der Waals surface area contributed by atoms with E-state index in [0.717, 1.165) is 51.4 Å². The lowest BCUT2D eigenvalue weighted by Gasteiger charge is -2.27. The lowest BCUT2D eigenvalue weighted by atomic mass is 9.71. The third-order valence-electron chi connectivity index (χ3n) is 7.09. The number of hydrogen-bond donors (Lipinski definition) is 4. The first-order valence-corrected chi connectivity index (χ1v) is 12.5. The Kier molecular flexibility index (Phi) is 10.6. The summed E-state index contributed by atoms with van der Waals surface area (Å²) in [6.45, 7) is 8.75. The lowest BCUT2D eigenvalue weighted by Crippen LogP contribution is -2.57. The third kappa shape index (κ3) is 6.66. The molecule has 0 saturated heterocycles. The minimum absolute atomic E-state index is 0.0104.